The van der Waals surface area contributed by atoms with Crippen LogP contribution in [0.4, 0.5) is 11.8 Å². The highest BCUT2D eigenvalue weighted by molar-refractivity contribution is 7.17. The van der Waals surface area contributed by atoms with Gasteiger partial charge in [-0.25, -0.2) is 4.98 Å². The molecule has 1 saturated heterocycles. The first-order valence-electron chi connectivity index (χ1n) is 8.54. The van der Waals surface area contributed by atoms with Gasteiger partial charge in [0.1, 0.15) is 0 Å². The topological polar surface area (TPSA) is 68.1 Å². The van der Waals surface area contributed by atoms with Crippen LogP contribution in [0.25, 0.3) is 10.2 Å². The molecule has 7 heteroatoms. The minimum absolute atomic E-state index is 0.497. The Morgan fingerprint density at radius 1 is 1.42 bits per heavy atom. The van der Waals surface area contributed by atoms with Crippen LogP contribution in [0.2, 0.25) is 0 Å². The number of fused-ring (bicyclic) bond motifs is 1. The van der Waals surface area contributed by atoms with Gasteiger partial charge in [-0.1, -0.05) is 6.92 Å². The summed E-state index contributed by atoms with van der Waals surface area (Å²) >= 11 is 1.66. The fourth-order valence-electron chi connectivity index (χ4n) is 3.13. The Kier molecular flexibility index (Phi) is 5.48. The molecule has 0 radical (unpaired) electrons. The highest BCUT2D eigenvalue weighted by Gasteiger charge is 2.22. The van der Waals surface area contributed by atoms with E-state index < -0.39 is 0 Å². The molecule has 0 unspecified atom stereocenters. The van der Waals surface area contributed by atoms with Crippen molar-refractivity contribution in [2.24, 2.45) is 0 Å². The van der Waals surface area contributed by atoms with E-state index in [9.17, 15) is 0 Å². The first kappa shape index (κ1) is 16.9. The molecule has 24 heavy (non-hydrogen) atoms. The van der Waals surface area contributed by atoms with Crippen molar-refractivity contribution in [3.05, 3.63) is 11.4 Å². The van der Waals surface area contributed by atoms with Gasteiger partial charge in [0.25, 0.3) is 0 Å². The highest BCUT2D eigenvalue weighted by atomic mass is 32.1. The molecule has 3 heterocycles. The molecule has 0 bridgehead atoms. The van der Waals surface area contributed by atoms with Crippen molar-refractivity contribution in [3.63, 3.8) is 0 Å². The number of piperidine rings is 1. The van der Waals surface area contributed by atoms with Crippen molar-refractivity contribution in [2.75, 3.05) is 43.0 Å². The second-order valence-electron chi connectivity index (χ2n) is 6.13. The van der Waals surface area contributed by atoms with E-state index in [0.717, 1.165) is 54.5 Å². The average Bonchev–Trinajstić information content (AvgIpc) is 3.08. The van der Waals surface area contributed by atoms with E-state index in [1.165, 1.54) is 0 Å². The Morgan fingerprint density at radius 3 is 2.92 bits per heavy atom. The lowest BCUT2D eigenvalue weighted by Gasteiger charge is -2.32. The van der Waals surface area contributed by atoms with Crippen LogP contribution in [0, 0.1) is 11.3 Å². The molecule has 3 rings (SSSR count). The van der Waals surface area contributed by atoms with Crippen molar-refractivity contribution in [1.82, 2.24) is 15.3 Å². The van der Waals surface area contributed by atoms with Gasteiger partial charge in [0, 0.05) is 32.7 Å². The number of nitrogens with one attached hydrogen (secondary N) is 1. The molecule has 0 amide bonds. The van der Waals surface area contributed by atoms with Crippen molar-refractivity contribution in [3.8, 4) is 6.07 Å². The van der Waals surface area contributed by atoms with Crippen LogP contribution < -0.4 is 15.1 Å². The van der Waals surface area contributed by atoms with Crippen LogP contribution in [0.15, 0.2) is 11.4 Å². The summed E-state index contributed by atoms with van der Waals surface area (Å²) in [5, 5.41) is 14.4. The number of thiophene rings is 1. The maximum absolute atomic E-state index is 8.84. The molecule has 2 aromatic heterocycles. The van der Waals surface area contributed by atoms with Crippen LogP contribution in [0.5, 0.6) is 0 Å². The summed E-state index contributed by atoms with van der Waals surface area (Å²) in [5.74, 6) is 1.75. The molecular formula is C17H24N6S. The lowest BCUT2D eigenvalue weighted by molar-refractivity contribution is 0.421. The molecule has 1 aliphatic heterocycles. The minimum atomic E-state index is 0.497. The second-order valence-corrected chi connectivity index (χ2v) is 7.05. The number of anilines is 2. The van der Waals surface area contributed by atoms with Gasteiger partial charge >= 0.3 is 0 Å². The number of hydrogen-bond donors (Lipinski definition) is 1. The largest absolute Gasteiger partial charge is 0.357 e. The van der Waals surface area contributed by atoms with Crippen molar-refractivity contribution < 1.29 is 0 Å². The molecule has 2 aromatic rings. The normalized spacial score (nSPS) is 15.6. The van der Waals surface area contributed by atoms with Gasteiger partial charge in [0.15, 0.2) is 5.82 Å². The van der Waals surface area contributed by atoms with Gasteiger partial charge in [-0.3, -0.25) is 0 Å². The number of hydrogen-bond acceptors (Lipinski definition) is 7. The Labute approximate surface area is 147 Å². The van der Waals surface area contributed by atoms with Gasteiger partial charge < -0.3 is 15.1 Å². The maximum Gasteiger partial charge on any atom is 0.227 e. The van der Waals surface area contributed by atoms with E-state index in [1.807, 2.05) is 7.05 Å². The third kappa shape index (κ3) is 3.60. The van der Waals surface area contributed by atoms with Crippen molar-refractivity contribution in [1.29, 1.82) is 5.26 Å². The van der Waals surface area contributed by atoms with Gasteiger partial charge in [0.2, 0.25) is 5.95 Å². The quantitative estimate of drug-likeness (QED) is 0.869. The third-order valence-electron chi connectivity index (χ3n) is 4.47. The molecule has 6 nitrogen and oxygen atoms in total. The van der Waals surface area contributed by atoms with E-state index >= 15 is 0 Å². The highest BCUT2D eigenvalue weighted by Crippen LogP contribution is 2.31. The standard InChI is InChI=1S/C17H24N6S/c1-3-19-13-5-10-23(11-6-13)17-20-14-7-12-24-15(14)16(21-17)22(2)9-4-8-18/h7,12-13,19H,3-6,9-11H2,1-2H3. The Bertz CT molecular complexity index is 713. The molecule has 1 N–H and O–H groups in total. The van der Waals surface area contributed by atoms with E-state index in [1.54, 1.807) is 11.3 Å². The summed E-state index contributed by atoms with van der Waals surface area (Å²) < 4.78 is 1.10. The van der Waals surface area contributed by atoms with Gasteiger partial charge in [-0.2, -0.15) is 10.2 Å². The van der Waals surface area contributed by atoms with Crippen molar-refractivity contribution in [2.45, 2.75) is 32.2 Å². The van der Waals surface area contributed by atoms with Crippen molar-refractivity contribution >= 4 is 33.3 Å². The fourth-order valence-corrected chi connectivity index (χ4v) is 4.01. The molecule has 1 fully saturated rings. The number of rotatable bonds is 6. The SMILES string of the molecule is CCNC1CCN(c2nc(N(C)CCC#N)c3sccc3n2)CC1. The molecule has 0 saturated carbocycles. The third-order valence-corrected chi connectivity index (χ3v) is 5.36. The predicted octanol–water partition coefficient (Wildman–Crippen LogP) is 2.62. The average molecular weight is 344 g/mol. The summed E-state index contributed by atoms with van der Waals surface area (Å²) in [7, 11) is 2.00. The van der Waals surface area contributed by atoms with Gasteiger partial charge in [0.05, 0.1) is 22.7 Å². The number of aromatic nitrogens is 2. The van der Waals surface area contributed by atoms with E-state index in [-0.39, 0.29) is 0 Å². The lowest BCUT2D eigenvalue weighted by atomic mass is 10.1. The molecule has 0 atom stereocenters. The van der Waals surface area contributed by atoms with Crippen LogP contribution in [0.3, 0.4) is 0 Å². The summed E-state index contributed by atoms with van der Waals surface area (Å²) in [4.78, 5) is 14.0. The monoisotopic (exact) mass is 344 g/mol. The molecule has 0 aliphatic carbocycles. The Hall–Kier alpha value is -1.91. The second kappa shape index (κ2) is 7.77. The first-order valence-corrected chi connectivity index (χ1v) is 9.42. The molecule has 128 valence electrons. The van der Waals surface area contributed by atoms with E-state index in [4.69, 9.17) is 15.2 Å². The lowest BCUT2D eigenvalue weighted by Crippen LogP contribution is -2.43. The number of nitrogens with zero attached hydrogens (tertiary/aromatic N) is 5. The summed E-state index contributed by atoms with van der Waals surface area (Å²) in [5.41, 5.74) is 0.998. The smallest absolute Gasteiger partial charge is 0.227 e. The number of nitriles is 1. The summed E-state index contributed by atoms with van der Waals surface area (Å²) in [6.45, 7) is 5.82. The Morgan fingerprint density at radius 2 is 2.21 bits per heavy atom. The van der Waals surface area contributed by atoms with Crippen LogP contribution in [0.1, 0.15) is 26.2 Å². The van der Waals surface area contributed by atoms with Gasteiger partial charge in [-0.15, -0.1) is 11.3 Å². The zero-order valence-corrected chi connectivity index (χ0v) is 15.1. The summed E-state index contributed by atoms with van der Waals surface area (Å²) in [6.07, 6.45) is 2.74. The van der Waals surface area contributed by atoms with E-state index in [0.29, 0.717) is 19.0 Å². The molecule has 0 aromatic carbocycles. The van der Waals surface area contributed by atoms with Crippen LogP contribution in [-0.4, -0.2) is 49.2 Å². The zero-order chi connectivity index (χ0) is 16.9. The van der Waals surface area contributed by atoms with Crippen LogP contribution >= 0.6 is 11.3 Å². The molecular weight excluding hydrogens is 320 g/mol. The maximum atomic E-state index is 8.84. The van der Waals surface area contributed by atoms with Crippen LogP contribution in [-0.2, 0) is 0 Å². The fraction of sp³-hybridized carbons (Fsp3) is 0.588. The molecule has 0 spiro atoms. The van der Waals surface area contributed by atoms with Gasteiger partial charge in [-0.05, 0) is 30.8 Å². The Balaban J connectivity index is 1.83. The minimum Gasteiger partial charge on any atom is -0.357 e. The first-order chi connectivity index (χ1) is 11.7. The predicted molar refractivity (Wildman–Crippen MR) is 99.8 cm³/mol. The molecule has 1 aliphatic rings. The summed E-state index contributed by atoms with van der Waals surface area (Å²) in [6, 6.07) is 4.87. The zero-order valence-electron chi connectivity index (χ0n) is 14.3. The van der Waals surface area contributed by atoms with E-state index in [2.05, 4.69) is 39.6 Å².